The molecule has 0 radical (unpaired) electrons. The van der Waals surface area contributed by atoms with Crippen LogP contribution in [-0.2, 0) is 0 Å². The van der Waals surface area contributed by atoms with Gasteiger partial charge in [0.25, 0.3) is 5.91 Å². The van der Waals surface area contributed by atoms with Gasteiger partial charge in [-0.15, -0.1) is 24.8 Å². The lowest BCUT2D eigenvalue weighted by Crippen LogP contribution is -2.36. The third kappa shape index (κ3) is 4.11. The van der Waals surface area contributed by atoms with E-state index in [0.717, 1.165) is 25.7 Å². The van der Waals surface area contributed by atoms with E-state index >= 15 is 0 Å². The molecule has 1 unspecified atom stereocenters. The predicted molar refractivity (Wildman–Crippen MR) is 67.4 cm³/mol. The van der Waals surface area contributed by atoms with Crippen LogP contribution < -0.4 is 10.6 Å². The van der Waals surface area contributed by atoms with E-state index < -0.39 is 5.82 Å². The molecule has 0 spiro atoms. The van der Waals surface area contributed by atoms with Crippen LogP contribution in [-0.4, -0.2) is 30.0 Å². The zero-order chi connectivity index (χ0) is 10.7. The van der Waals surface area contributed by atoms with Gasteiger partial charge in [0.1, 0.15) is 0 Å². The fraction of sp³-hybridized carbons (Fsp3) is 0.400. The molecular formula is C10H14Cl2FN3O. The molecule has 1 amide bonds. The Balaban J connectivity index is 0.00000128. The first-order chi connectivity index (χ1) is 7.27. The minimum Gasteiger partial charge on any atom is -0.348 e. The molecule has 0 bridgehead atoms. The molecular weight excluding hydrogens is 268 g/mol. The Morgan fingerprint density at radius 3 is 2.88 bits per heavy atom. The first-order valence-corrected chi connectivity index (χ1v) is 4.88. The molecule has 2 heterocycles. The number of carbonyl (C=O) groups excluding carboxylic acids is 1. The van der Waals surface area contributed by atoms with Crippen molar-refractivity contribution >= 4 is 30.7 Å². The minimum atomic E-state index is -0.582. The van der Waals surface area contributed by atoms with Crippen molar-refractivity contribution in [2.75, 3.05) is 13.1 Å². The molecule has 0 aromatic carbocycles. The number of hydrogen-bond donors (Lipinski definition) is 2. The molecule has 1 saturated heterocycles. The summed E-state index contributed by atoms with van der Waals surface area (Å²) in [5, 5.41) is 5.89. The highest BCUT2D eigenvalue weighted by molar-refractivity contribution is 5.94. The van der Waals surface area contributed by atoms with Crippen molar-refractivity contribution in [3.63, 3.8) is 0 Å². The number of aromatic nitrogens is 1. The van der Waals surface area contributed by atoms with E-state index in [1.54, 1.807) is 0 Å². The lowest BCUT2D eigenvalue weighted by atomic mass is 10.2. The van der Waals surface area contributed by atoms with E-state index in [4.69, 9.17) is 0 Å². The Bertz CT molecular complexity index is 372. The van der Waals surface area contributed by atoms with Crippen LogP contribution in [0.1, 0.15) is 16.8 Å². The van der Waals surface area contributed by atoms with Gasteiger partial charge in [0.2, 0.25) is 0 Å². The summed E-state index contributed by atoms with van der Waals surface area (Å²) < 4.78 is 13.2. The lowest BCUT2D eigenvalue weighted by Gasteiger charge is -2.11. The number of halogens is 3. The maximum Gasteiger partial charge on any atom is 0.254 e. The molecule has 1 aromatic rings. The van der Waals surface area contributed by atoms with Gasteiger partial charge in [0.05, 0.1) is 11.8 Å². The Morgan fingerprint density at radius 2 is 2.29 bits per heavy atom. The fourth-order valence-electron chi connectivity index (χ4n) is 1.60. The molecule has 1 fully saturated rings. The zero-order valence-corrected chi connectivity index (χ0v) is 10.6. The summed E-state index contributed by atoms with van der Waals surface area (Å²) in [6.07, 6.45) is 3.34. The van der Waals surface area contributed by atoms with E-state index in [9.17, 15) is 9.18 Å². The highest BCUT2D eigenvalue weighted by atomic mass is 35.5. The van der Waals surface area contributed by atoms with Crippen LogP contribution in [0.5, 0.6) is 0 Å². The summed E-state index contributed by atoms with van der Waals surface area (Å²) >= 11 is 0. The minimum absolute atomic E-state index is 0. The molecule has 1 aliphatic heterocycles. The smallest absolute Gasteiger partial charge is 0.254 e. The topological polar surface area (TPSA) is 54.0 Å². The molecule has 0 aliphatic carbocycles. The molecule has 1 aliphatic rings. The second-order valence-corrected chi connectivity index (χ2v) is 3.52. The molecule has 17 heavy (non-hydrogen) atoms. The van der Waals surface area contributed by atoms with Gasteiger partial charge in [0.15, 0.2) is 5.82 Å². The standard InChI is InChI=1S/C10H12FN3O.2ClH/c11-9-6-13-4-2-8(9)10(15)14-7-1-3-12-5-7;;/h2,4,6-7,12H,1,3,5H2,(H,14,15);2*1H. The first-order valence-electron chi connectivity index (χ1n) is 4.88. The number of nitrogens with zero attached hydrogens (tertiary/aromatic N) is 1. The Hall–Kier alpha value is -0.910. The van der Waals surface area contributed by atoms with Gasteiger partial charge in [-0.3, -0.25) is 9.78 Å². The number of nitrogens with one attached hydrogen (secondary N) is 2. The van der Waals surface area contributed by atoms with E-state index in [2.05, 4.69) is 15.6 Å². The molecule has 1 aromatic heterocycles. The Kier molecular flexibility index (Phi) is 7.03. The van der Waals surface area contributed by atoms with E-state index in [1.807, 2.05) is 0 Å². The van der Waals surface area contributed by atoms with Crippen LogP contribution in [0.2, 0.25) is 0 Å². The van der Waals surface area contributed by atoms with Crippen LogP contribution in [0.15, 0.2) is 18.5 Å². The van der Waals surface area contributed by atoms with E-state index in [0.29, 0.717) is 0 Å². The van der Waals surface area contributed by atoms with Crippen molar-refractivity contribution in [1.29, 1.82) is 0 Å². The molecule has 0 saturated carbocycles. The molecule has 2 rings (SSSR count). The van der Waals surface area contributed by atoms with Gasteiger partial charge in [-0.25, -0.2) is 4.39 Å². The normalized spacial score (nSPS) is 17.8. The van der Waals surface area contributed by atoms with Crippen molar-refractivity contribution in [2.45, 2.75) is 12.5 Å². The van der Waals surface area contributed by atoms with Crippen molar-refractivity contribution in [3.8, 4) is 0 Å². The third-order valence-corrected chi connectivity index (χ3v) is 2.41. The summed E-state index contributed by atoms with van der Waals surface area (Å²) in [6, 6.07) is 1.48. The third-order valence-electron chi connectivity index (χ3n) is 2.41. The van der Waals surface area contributed by atoms with Crippen LogP contribution in [0.3, 0.4) is 0 Å². The molecule has 2 N–H and O–H groups in total. The summed E-state index contributed by atoms with van der Waals surface area (Å²) in [6.45, 7) is 1.64. The predicted octanol–water partition coefficient (Wildman–Crippen LogP) is 1.16. The number of carbonyl (C=O) groups is 1. The van der Waals surface area contributed by atoms with Gasteiger partial charge < -0.3 is 10.6 Å². The van der Waals surface area contributed by atoms with Gasteiger partial charge >= 0.3 is 0 Å². The first kappa shape index (κ1) is 16.1. The van der Waals surface area contributed by atoms with Crippen LogP contribution in [0.25, 0.3) is 0 Å². The van der Waals surface area contributed by atoms with Gasteiger partial charge in [-0.2, -0.15) is 0 Å². The molecule has 96 valence electrons. The summed E-state index contributed by atoms with van der Waals surface area (Å²) in [7, 11) is 0. The maximum atomic E-state index is 13.2. The Labute approximate surface area is 111 Å². The van der Waals surface area contributed by atoms with Crippen LogP contribution in [0.4, 0.5) is 4.39 Å². The Morgan fingerprint density at radius 1 is 1.53 bits per heavy atom. The second kappa shape index (κ2) is 7.42. The monoisotopic (exact) mass is 281 g/mol. The van der Waals surface area contributed by atoms with Crippen molar-refractivity contribution < 1.29 is 9.18 Å². The van der Waals surface area contributed by atoms with Crippen molar-refractivity contribution in [2.24, 2.45) is 0 Å². The van der Waals surface area contributed by atoms with Gasteiger partial charge in [-0.1, -0.05) is 0 Å². The summed E-state index contributed by atoms with van der Waals surface area (Å²) in [5.74, 6) is -0.954. The quantitative estimate of drug-likeness (QED) is 0.855. The summed E-state index contributed by atoms with van der Waals surface area (Å²) in [4.78, 5) is 15.2. The number of amides is 1. The van der Waals surface area contributed by atoms with Crippen LogP contribution in [0, 0.1) is 5.82 Å². The zero-order valence-electron chi connectivity index (χ0n) is 8.98. The fourth-order valence-corrected chi connectivity index (χ4v) is 1.60. The second-order valence-electron chi connectivity index (χ2n) is 3.52. The van der Waals surface area contributed by atoms with Gasteiger partial charge in [-0.05, 0) is 19.0 Å². The van der Waals surface area contributed by atoms with Crippen molar-refractivity contribution in [3.05, 3.63) is 29.8 Å². The summed E-state index contributed by atoms with van der Waals surface area (Å²) in [5.41, 5.74) is 0.0527. The SMILES string of the molecule is Cl.Cl.O=C(NC1CCNC1)c1ccncc1F. The average molecular weight is 282 g/mol. The lowest BCUT2D eigenvalue weighted by molar-refractivity contribution is 0.0936. The molecule has 4 nitrogen and oxygen atoms in total. The maximum absolute atomic E-state index is 13.2. The van der Waals surface area contributed by atoms with Crippen molar-refractivity contribution in [1.82, 2.24) is 15.6 Å². The number of rotatable bonds is 2. The molecule has 1 atom stereocenters. The average Bonchev–Trinajstić information content (AvgIpc) is 2.71. The number of pyridine rings is 1. The largest absolute Gasteiger partial charge is 0.348 e. The molecule has 7 heteroatoms. The van der Waals surface area contributed by atoms with Gasteiger partial charge in [0, 0.05) is 18.8 Å². The highest BCUT2D eigenvalue weighted by Crippen LogP contribution is 2.06. The van der Waals surface area contributed by atoms with E-state index in [1.165, 1.54) is 12.3 Å². The highest BCUT2D eigenvalue weighted by Gasteiger charge is 2.19. The van der Waals surface area contributed by atoms with E-state index in [-0.39, 0.29) is 42.3 Å². The van der Waals surface area contributed by atoms with Crippen LogP contribution >= 0.6 is 24.8 Å². The number of hydrogen-bond acceptors (Lipinski definition) is 3.